The smallest absolute Gasteiger partial charge is 0.179 e. The second kappa shape index (κ2) is 5.04. The fourth-order valence-electron chi connectivity index (χ4n) is 1.38. The molecule has 0 heterocycles. The van der Waals surface area contributed by atoms with Gasteiger partial charge in [0.2, 0.25) is 0 Å². The molecule has 0 saturated carbocycles. The van der Waals surface area contributed by atoms with Crippen molar-refractivity contribution >= 4 is 15.9 Å². The molecule has 0 atom stereocenters. The zero-order chi connectivity index (χ0) is 11.4. The van der Waals surface area contributed by atoms with Crippen LogP contribution < -0.4 is 9.47 Å². The molecule has 80 valence electrons. The lowest BCUT2D eigenvalue weighted by Crippen LogP contribution is -1.97. The van der Waals surface area contributed by atoms with E-state index < -0.39 is 0 Å². The first-order valence-electron chi connectivity index (χ1n) is 4.53. The molecule has 0 aliphatic rings. The predicted octanol–water partition coefficient (Wildman–Crippen LogP) is 2.90. The molecule has 0 amide bonds. The summed E-state index contributed by atoms with van der Waals surface area (Å²) in [5.41, 5.74) is 1.51. The number of nitriles is 1. The van der Waals surface area contributed by atoms with Gasteiger partial charge in [-0.25, -0.2) is 0 Å². The van der Waals surface area contributed by atoms with Crippen molar-refractivity contribution in [2.45, 2.75) is 13.3 Å². The van der Waals surface area contributed by atoms with E-state index >= 15 is 0 Å². The molecular formula is C11H12BrNO2. The molecule has 0 bridgehead atoms. The molecule has 4 heteroatoms. The summed E-state index contributed by atoms with van der Waals surface area (Å²) in [4.78, 5) is 0. The molecule has 15 heavy (non-hydrogen) atoms. The molecule has 1 rings (SSSR count). The van der Waals surface area contributed by atoms with Crippen LogP contribution >= 0.6 is 15.9 Å². The van der Waals surface area contributed by atoms with Crippen molar-refractivity contribution in [3.05, 3.63) is 21.7 Å². The standard InChI is InChI=1S/C11H12BrNO2/c1-4-7-5-9(14-2)11(15-3)8(6-13)10(7)12/h5H,4H2,1-3H3. The largest absolute Gasteiger partial charge is 0.493 e. The third-order valence-corrected chi connectivity index (χ3v) is 3.08. The molecule has 1 aromatic rings. The Hall–Kier alpha value is -1.21. The molecule has 0 radical (unpaired) electrons. The number of rotatable bonds is 3. The van der Waals surface area contributed by atoms with Crippen molar-refractivity contribution in [3.63, 3.8) is 0 Å². The number of nitrogens with zero attached hydrogens (tertiary/aromatic N) is 1. The molecule has 0 aromatic heterocycles. The van der Waals surface area contributed by atoms with Gasteiger partial charge in [0.1, 0.15) is 11.6 Å². The molecule has 1 aromatic carbocycles. The van der Waals surface area contributed by atoms with E-state index in [4.69, 9.17) is 14.7 Å². The SMILES string of the molecule is CCc1cc(OC)c(OC)c(C#N)c1Br. The van der Waals surface area contributed by atoms with Crippen LogP contribution in [0.1, 0.15) is 18.1 Å². The van der Waals surface area contributed by atoms with E-state index in [-0.39, 0.29) is 0 Å². The van der Waals surface area contributed by atoms with Gasteiger partial charge < -0.3 is 9.47 Å². The fraction of sp³-hybridized carbons (Fsp3) is 0.364. The van der Waals surface area contributed by atoms with Gasteiger partial charge in [0.25, 0.3) is 0 Å². The van der Waals surface area contributed by atoms with Crippen LogP contribution in [0.5, 0.6) is 11.5 Å². The van der Waals surface area contributed by atoms with E-state index in [0.717, 1.165) is 16.5 Å². The van der Waals surface area contributed by atoms with Crippen molar-refractivity contribution in [2.75, 3.05) is 14.2 Å². The van der Waals surface area contributed by atoms with Crippen LogP contribution in [0.15, 0.2) is 10.5 Å². The Bertz CT molecular complexity index is 410. The van der Waals surface area contributed by atoms with E-state index in [1.54, 1.807) is 7.11 Å². The van der Waals surface area contributed by atoms with Gasteiger partial charge >= 0.3 is 0 Å². The molecule has 0 saturated heterocycles. The van der Waals surface area contributed by atoms with Gasteiger partial charge in [-0.1, -0.05) is 6.92 Å². The molecule has 0 N–H and O–H groups in total. The molecule has 0 aliphatic carbocycles. The topological polar surface area (TPSA) is 42.2 Å². The summed E-state index contributed by atoms with van der Waals surface area (Å²) in [6.07, 6.45) is 0.829. The lowest BCUT2D eigenvalue weighted by molar-refractivity contribution is 0.353. The second-order valence-corrected chi connectivity index (χ2v) is 3.72. The minimum absolute atomic E-state index is 0.476. The summed E-state index contributed by atoms with van der Waals surface area (Å²) in [5.74, 6) is 1.07. The highest BCUT2D eigenvalue weighted by Crippen LogP contribution is 2.38. The molecule has 0 fully saturated rings. The maximum absolute atomic E-state index is 9.05. The Morgan fingerprint density at radius 3 is 2.47 bits per heavy atom. The highest BCUT2D eigenvalue weighted by atomic mass is 79.9. The minimum atomic E-state index is 0.476. The summed E-state index contributed by atoms with van der Waals surface area (Å²) in [6.45, 7) is 2.02. The predicted molar refractivity (Wildman–Crippen MR) is 61.3 cm³/mol. The van der Waals surface area contributed by atoms with Crippen molar-refractivity contribution in [2.24, 2.45) is 0 Å². The summed E-state index contributed by atoms with van der Waals surface area (Å²) in [5, 5.41) is 9.05. The molecule has 3 nitrogen and oxygen atoms in total. The van der Waals surface area contributed by atoms with Crippen LogP contribution in [0.25, 0.3) is 0 Å². The molecular weight excluding hydrogens is 258 g/mol. The number of benzene rings is 1. The van der Waals surface area contributed by atoms with Crippen molar-refractivity contribution in [3.8, 4) is 17.6 Å². The third kappa shape index (κ3) is 2.07. The highest BCUT2D eigenvalue weighted by molar-refractivity contribution is 9.10. The quantitative estimate of drug-likeness (QED) is 0.848. The zero-order valence-corrected chi connectivity index (χ0v) is 10.5. The van der Waals surface area contributed by atoms with Crippen LogP contribution in [0.3, 0.4) is 0 Å². The maximum Gasteiger partial charge on any atom is 0.179 e. The van der Waals surface area contributed by atoms with Crippen LogP contribution in [-0.4, -0.2) is 14.2 Å². The second-order valence-electron chi connectivity index (χ2n) is 2.93. The first-order valence-corrected chi connectivity index (χ1v) is 5.32. The van der Waals surface area contributed by atoms with Gasteiger partial charge in [-0.2, -0.15) is 5.26 Å². The first-order chi connectivity index (χ1) is 7.19. The lowest BCUT2D eigenvalue weighted by Gasteiger charge is -2.13. The van der Waals surface area contributed by atoms with Crippen molar-refractivity contribution < 1.29 is 9.47 Å². The Morgan fingerprint density at radius 2 is 2.07 bits per heavy atom. The molecule has 0 aliphatic heterocycles. The minimum Gasteiger partial charge on any atom is -0.493 e. The van der Waals surface area contributed by atoms with Gasteiger partial charge in [0.05, 0.1) is 14.2 Å². The van der Waals surface area contributed by atoms with E-state index in [0.29, 0.717) is 17.1 Å². The van der Waals surface area contributed by atoms with E-state index in [9.17, 15) is 0 Å². The van der Waals surface area contributed by atoms with Gasteiger partial charge in [0, 0.05) is 4.47 Å². The Morgan fingerprint density at radius 1 is 1.40 bits per heavy atom. The summed E-state index contributed by atoms with van der Waals surface area (Å²) in [7, 11) is 3.09. The Balaban J connectivity index is 3.52. The highest BCUT2D eigenvalue weighted by Gasteiger charge is 2.16. The van der Waals surface area contributed by atoms with Gasteiger partial charge in [-0.15, -0.1) is 0 Å². The van der Waals surface area contributed by atoms with E-state index in [2.05, 4.69) is 22.0 Å². The average Bonchev–Trinajstić information content (AvgIpc) is 2.28. The number of hydrogen-bond donors (Lipinski definition) is 0. The van der Waals surface area contributed by atoms with Gasteiger partial charge in [-0.3, -0.25) is 0 Å². The number of halogens is 1. The molecule has 0 unspecified atom stereocenters. The summed E-state index contributed by atoms with van der Waals surface area (Å²) < 4.78 is 11.1. The van der Waals surface area contributed by atoms with Crippen molar-refractivity contribution in [1.82, 2.24) is 0 Å². The summed E-state index contributed by atoms with van der Waals surface area (Å²) >= 11 is 3.40. The van der Waals surface area contributed by atoms with Crippen LogP contribution in [0.2, 0.25) is 0 Å². The number of methoxy groups -OCH3 is 2. The molecule has 0 spiro atoms. The first kappa shape index (κ1) is 11.9. The van der Waals surface area contributed by atoms with Crippen molar-refractivity contribution in [1.29, 1.82) is 5.26 Å². The average molecular weight is 270 g/mol. The zero-order valence-electron chi connectivity index (χ0n) is 8.93. The van der Waals surface area contributed by atoms with Crippen LogP contribution in [0, 0.1) is 11.3 Å². The van der Waals surface area contributed by atoms with Crippen LogP contribution in [0.4, 0.5) is 0 Å². The Labute approximate surface area is 97.7 Å². The van der Waals surface area contributed by atoms with E-state index in [1.165, 1.54) is 7.11 Å². The lowest BCUT2D eigenvalue weighted by atomic mass is 10.1. The van der Waals surface area contributed by atoms with Gasteiger partial charge in [0.15, 0.2) is 11.5 Å². The van der Waals surface area contributed by atoms with Gasteiger partial charge in [-0.05, 0) is 34.0 Å². The fourth-order valence-corrected chi connectivity index (χ4v) is 2.05. The monoisotopic (exact) mass is 269 g/mol. The number of ether oxygens (including phenoxy) is 2. The third-order valence-electron chi connectivity index (χ3n) is 2.17. The maximum atomic E-state index is 9.05. The summed E-state index contributed by atoms with van der Waals surface area (Å²) in [6, 6.07) is 3.99. The normalized spacial score (nSPS) is 9.53. The number of hydrogen-bond acceptors (Lipinski definition) is 3. The number of aryl methyl sites for hydroxylation is 1. The van der Waals surface area contributed by atoms with Crippen LogP contribution in [-0.2, 0) is 6.42 Å². The Kier molecular flexibility index (Phi) is 3.98. The van der Waals surface area contributed by atoms with E-state index in [1.807, 2.05) is 13.0 Å².